The third-order valence-corrected chi connectivity index (χ3v) is 8.48. The Hall–Kier alpha value is -3.03. The van der Waals surface area contributed by atoms with Crippen LogP contribution in [-0.4, -0.2) is 31.1 Å². The van der Waals surface area contributed by atoms with Crippen LogP contribution < -0.4 is 10.6 Å². The van der Waals surface area contributed by atoms with Crippen molar-refractivity contribution in [2.45, 2.75) is 50.6 Å². The number of nitriles is 1. The lowest BCUT2D eigenvalue weighted by Gasteiger charge is -2.37. The van der Waals surface area contributed by atoms with Crippen molar-refractivity contribution in [2.24, 2.45) is 5.41 Å². The normalized spacial score (nSPS) is 22.5. The minimum absolute atomic E-state index is 0.00566. The van der Waals surface area contributed by atoms with E-state index in [0.717, 1.165) is 17.4 Å². The highest BCUT2D eigenvalue weighted by atomic mass is 35.5. The summed E-state index contributed by atoms with van der Waals surface area (Å²) < 4.78 is 36.1. The molecule has 1 fully saturated rings. The fraction of sp³-hybridized carbons (Fsp3) is 0.345. The second-order valence-corrected chi connectivity index (χ2v) is 12.8. The van der Waals surface area contributed by atoms with Crippen molar-refractivity contribution in [3.05, 3.63) is 86.2 Å². The van der Waals surface area contributed by atoms with E-state index in [1.807, 2.05) is 20.8 Å². The SMILES string of the molecule is COC(=O)c1ccc(NC(=O)[C@@H]2N[C@@H](CC(C)(C)C)[C@](C#N)(c3ccc(Cl)cc3F)[C@H]2c2cccc(Cl)c2F)s1. The number of halogens is 4. The van der Waals surface area contributed by atoms with Crippen LogP contribution in [0.15, 0.2) is 48.5 Å². The second kappa shape index (κ2) is 11.5. The summed E-state index contributed by atoms with van der Waals surface area (Å²) >= 11 is 13.2. The van der Waals surface area contributed by atoms with Crippen molar-refractivity contribution in [3.63, 3.8) is 0 Å². The number of nitrogens with one attached hydrogen (secondary N) is 2. The number of rotatable bonds is 6. The van der Waals surface area contributed by atoms with E-state index in [-0.39, 0.29) is 31.5 Å². The lowest BCUT2D eigenvalue weighted by molar-refractivity contribution is -0.118. The molecule has 1 amide bonds. The number of amides is 1. The largest absolute Gasteiger partial charge is 0.465 e. The second-order valence-electron chi connectivity index (χ2n) is 10.8. The number of anilines is 1. The van der Waals surface area contributed by atoms with E-state index >= 15 is 8.78 Å². The van der Waals surface area contributed by atoms with Gasteiger partial charge in [0.25, 0.3) is 0 Å². The van der Waals surface area contributed by atoms with E-state index in [1.165, 1.54) is 43.5 Å². The van der Waals surface area contributed by atoms with Gasteiger partial charge in [0.05, 0.1) is 29.2 Å². The number of methoxy groups -OCH3 is 1. The first-order valence-electron chi connectivity index (χ1n) is 12.4. The van der Waals surface area contributed by atoms with Crippen molar-refractivity contribution in [2.75, 3.05) is 12.4 Å². The molecule has 3 aromatic rings. The summed E-state index contributed by atoms with van der Waals surface area (Å²) in [6, 6.07) is 11.7. The zero-order chi connectivity index (χ0) is 29.4. The van der Waals surface area contributed by atoms with Gasteiger partial charge in [-0.3, -0.25) is 4.79 Å². The number of nitrogens with zero attached hydrogens (tertiary/aromatic N) is 1. The number of ether oxygens (including phenoxy) is 1. The number of esters is 1. The van der Waals surface area contributed by atoms with Crippen LogP contribution in [0.25, 0.3) is 0 Å². The summed E-state index contributed by atoms with van der Waals surface area (Å²) in [5, 5.41) is 17.2. The lowest BCUT2D eigenvalue weighted by atomic mass is 9.62. The molecule has 0 spiro atoms. The Morgan fingerprint density at radius 2 is 1.90 bits per heavy atom. The summed E-state index contributed by atoms with van der Waals surface area (Å²) in [6.07, 6.45) is 0.344. The first-order valence-corrected chi connectivity index (χ1v) is 14.0. The van der Waals surface area contributed by atoms with E-state index in [9.17, 15) is 14.9 Å². The van der Waals surface area contributed by atoms with Crippen LogP contribution in [-0.2, 0) is 14.9 Å². The first kappa shape index (κ1) is 29.9. The van der Waals surface area contributed by atoms with E-state index in [1.54, 1.807) is 6.07 Å². The minimum atomic E-state index is -1.73. The molecule has 2 heterocycles. The molecule has 2 aromatic carbocycles. The number of carbonyl (C=O) groups excluding carboxylic acids is 2. The molecular formula is C29H27Cl2F2N3O3S. The van der Waals surface area contributed by atoms with Crippen LogP contribution in [0.4, 0.5) is 13.8 Å². The predicted octanol–water partition coefficient (Wildman–Crippen LogP) is 7.08. The molecule has 40 heavy (non-hydrogen) atoms. The molecule has 1 aliphatic heterocycles. The number of benzene rings is 2. The molecule has 210 valence electrons. The predicted molar refractivity (Wildman–Crippen MR) is 152 cm³/mol. The maximum atomic E-state index is 15.7. The number of carbonyl (C=O) groups is 2. The van der Waals surface area contributed by atoms with Crippen molar-refractivity contribution in [1.29, 1.82) is 5.26 Å². The molecule has 6 nitrogen and oxygen atoms in total. The molecule has 0 bridgehead atoms. The first-order chi connectivity index (χ1) is 18.8. The van der Waals surface area contributed by atoms with Gasteiger partial charge >= 0.3 is 5.97 Å². The molecule has 1 saturated heterocycles. The van der Waals surface area contributed by atoms with Crippen LogP contribution in [0.3, 0.4) is 0 Å². The Labute approximate surface area is 245 Å². The third kappa shape index (κ3) is 5.59. The topological polar surface area (TPSA) is 91.2 Å². The van der Waals surface area contributed by atoms with Crippen LogP contribution in [0, 0.1) is 28.4 Å². The van der Waals surface area contributed by atoms with Gasteiger partial charge in [-0.2, -0.15) is 5.26 Å². The molecular weight excluding hydrogens is 579 g/mol. The molecule has 0 radical (unpaired) electrons. The Morgan fingerprint density at radius 3 is 2.52 bits per heavy atom. The van der Waals surface area contributed by atoms with E-state index in [2.05, 4.69) is 16.7 Å². The third-order valence-electron chi connectivity index (χ3n) is 6.97. The highest BCUT2D eigenvalue weighted by Crippen LogP contribution is 2.53. The van der Waals surface area contributed by atoms with Crippen LogP contribution >= 0.6 is 34.5 Å². The van der Waals surface area contributed by atoms with Gasteiger partial charge in [-0.15, -0.1) is 11.3 Å². The van der Waals surface area contributed by atoms with Gasteiger partial charge in [-0.05, 0) is 47.7 Å². The average molecular weight is 607 g/mol. The van der Waals surface area contributed by atoms with E-state index < -0.39 is 46.9 Å². The maximum Gasteiger partial charge on any atom is 0.348 e. The summed E-state index contributed by atoms with van der Waals surface area (Å²) in [4.78, 5) is 26.1. The smallest absolute Gasteiger partial charge is 0.348 e. The molecule has 1 aromatic heterocycles. The van der Waals surface area contributed by atoms with Gasteiger partial charge in [-0.25, -0.2) is 13.6 Å². The molecule has 4 rings (SSSR count). The summed E-state index contributed by atoms with van der Waals surface area (Å²) in [5.41, 5.74) is -2.12. The average Bonchev–Trinajstić information content (AvgIpc) is 3.47. The molecule has 2 N–H and O–H groups in total. The zero-order valence-corrected chi connectivity index (χ0v) is 24.5. The van der Waals surface area contributed by atoms with Gasteiger partial charge in [0.15, 0.2) is 0 Å². The Balaban J connectivity index is 1.92. The molecule has 4 atom stereocenters. The van der Waals surface area contributed by atoms with Gasteiger partial charge < -0.3 is 15.4 Å². The zero-order valence-electron chi connectivity index (χ0n) is 22.2. The summed E-state index contributed by atoms with van der Waals surface area (Å²) in [5.74, 6) is -3.89. The molecule has 11 heteroatoms. The monoisotopic (exact) mass is 605 g/mol. The van der Waals surface area contributed by atoms with Gasteiger partial charge in [0.1, 0.15) is 21.9 Å². The highest BCUT2D eigenvalue weighted by molar-refractivity contribution is 7.18. The molecule has 0 saturated carbocycles. The standard InChI is InChI=1S/C29H27Cl2F2N3O3S/c1-28(2,3)13-21-29(14-34,17-9-8-15(30)12-19(17)32)23(16-6-5-7-18(31)24(16)33)25(35-21)26(37)36-22-11-10-20(40-22)27(38)39-4/h5-12,21,23,25,35H,13H2,1-4H3,(H,36,37)/t21-,23-,25+,29-/m0/s1. The van der Waals surface area contributed by atoms with Gasteiger partial charge in [0, 0.05) is 22.5 Å². The van der Waals surface area contributed by atoms with Gasteiger partial charge in [0.2, 0.25) is 5.91 Å². The minimum Gasteiger partial charge on any atom is -0.465 e. The lowest BCUT2D eigenvalue weighted by Crippen LogP contribution is -2.44. The molecule has 0 aliphatic carbocycles. The van der Waals surface area contributed by atoms with Crippen molar-refractivity contribution in [1.82, 2.24) is 5.32 Å². The fourth-order valence-corrected chi connectivity index (χ4v) is 6.54. The number of hydrogen-bond acceptors (Lipinski definition) is 6. The van der Waals surface area contributed by atoms with Crippen LogP contribution in [0.1, 0.15) is 53.9 Å². The maximum absolute atomic E-state index is 15.7. The molecule has 0 unspecified atom stereocenters. The number of hydrogen-bond donors (Lipinski definition) is 2. The van der Waals surface area contributed by atoms with E-state index in [0.29, 0.717) is 11.4 Å². The summed E-state index contributed by atoms with van der Waals surface area (Å²) in [6.45, 7) is 5.87. The van der Waals surface area contributed by atoms with Crippen LogP contribution in [0.5, 0.6) is 0 Å². The van der Waals surface area contributed by atoms with E-state index in [4.69, 9.17) is 27.9 Å². The fourth-order valence-electron chi connectivity index (χ4n) is 5.37. The van der Waals surface area contributed by atoms with Gasteiger partial charge in [-0.1, -0.05) is 62.2 Å². The Kier molecular flexibility index (Phi) is 8.57. The van der Waals surface area contributed by atoms with Crippen molar-refractivity contribution in [3.8, 4) is 6.07 Å². The summed E-state index contributed by atoms with van der Waals surface area (Å²) in [7, 11) is 1.25. The number of thiophene rings is 1. The van der Waals surface area contributed by atoms with Crippen molar-refractivity contribution >= 4 is 51.4 Å². The Bertz CT molecular complexity index is 1500. The Morgan fingerprint density at radius 1 is 1.18 bits per heavy atom. The van der Waals surface area contributed by atoms with Crippen LogP contribution in [0.2, 0.25) is 10.0 Å². The molecule has 1 aliphatic rings. The highest BCUT2D eigenvalue weighted by Gasteiger charge is 2.61. The quantitative estimate of drug-likeness (QED) is 0.293. The van der Waals surface area contributed by atoms with Crippen molar-refractivity contribution < 1.29 is 23.1 Å².